The van der Waals surface area contributed by atoms with Gasteiger partial charge >= 0.3 is 0 Å². The van der Waals surface area contributed by atoms with Crippen LogP contribution in [0, 0.1) is 5.41 Å². The van der Waals surface area contributed by atoms with E-state index in [9.17, 15) is 4.79 Å². The molecule has 2 nitrogen and oxygen atoms in total. The van der Waals surface area contributed by atoms with Crippen LogP contribution >= 0.6 is 0 Å². The maximum Gasteiger partial charge on any atom is 0.152 e. The fourth-order valence-corrected chi connectivity index (χ4v) is 1.55. The highest BCUT2D eigenvalue weighted by molar-refractivity contribution is 5.87. The monoisotopic (exact) mass is 220 g/mol. The summed E-state index contributed by atoms with van der Waals surface area (Å²) in [5, 5.41) is 0. The first-order valence-electron chi connectivity index (χ1n) is 5.59. The molecule has 0 amide bonds. The third-order valence-corrected chi connectivity index (χ3v) is 2.62. The Morgan fingerprint density at radius 2 is 2.19 bits per heavy atom. The summed E-state index contributed by atoms with van der Waals surface area (Å²) in [7, 11) is 0. The van der Waals surface area contributed by atoms with Gasteiger partial charge in [0.1, 0.15) is 12.4 Å². The van der Waals surface area contributed by atoms with Crippen LogP contribution in [0.2, 0.25) is 0 Å². The molecule has 1 rings (SSSR count). The van der Waals surface area contributed by atoms with E-state index in [2.05, 4.69) is 26.8 Å². The number of carbonyl (C=O) groups is 1. The second-order valence-corrected chi connectivity index (χ2v) is 4.93. The maximum atomic E-state index is 10.8. The Labute approximate surface area is 97.7 Å². The van der Waals surface area contributed by atoms with E-state index in [4.69, 9.17) is 4.74 Å². The van der Waals surface area contributed by atoms with Crippen molar-refractivity contribution < 1.29 is 9.53 Å². The molecule has 0 N–H and O–H groups in total. The van der Waals surface area contributed by atoms with Crippen molar-refractivity contribution in [2.24, 2.45) is 5.41 Å². The fraction of sp³-hybridized carbons (Fsp3) is 0.500. The standard InChI is InChI=1S/C14H20O2/c1-11-7-8-13(16-10-11)14(3,4)9-5-6-12(2)15/h5-8H,9-10H2,1-4H3/b6-5+. The van der Waals surface area contributed by atoms with Gasteiger partial charge in [0.15, 0.2) is 5.78 Å². The molecule has 0 unspecified atom stereocenters. The molecule has 0 fully saturated rings. The van der Waals surface area contributed by atoms with Gasteiger partial charge in [0, 0.05) is 5.41 Å². The summed E-state index contributed by atoms with van der Waals surface area (Å²) in [5.74, 6) is 1.08. The smallest absolute Gasteiger partial charge is 0.152 e. The lowest BCUT2D eigenvalue weighted by molar-refractivity contribution is -0.112. The Balaban J connectivity index is 2.67. The minimum atomic E-state index is -0.0524. The molecule has 1 heterocycles. The molecule has 1 aliphatic heterocycles. The Kier molecular flexibility index (Phi) is 4.11. The quantitative estimate of drug-likeness (QED) is 0.679. The summed E-state index contributed by atoms with van der Waals surface area (Å²) in [5.41, 5.74) is 1.18. The van der Waals surface area contributed by atoms with Crippen LogP contribution in [0.5, 0.6) is 0 Å². The molecule has 0 aromatic carbocycles. The summed E-state index contributed by atoms with van der Waals surface area (Å²) >= 11 is 0. The molecule has 0 aromatic rings. The lowest BCUT2D eigenvalue weighted by Crippen LogP contribution is -2.18. The molecule has 88 valence electrons. The molecule has 0 bridgehead atoms. The van der Waals surface area contributed by atoms with Crippen molar-refractivity contribution >= 4 is 5.78 Å². The second kappa shape index (κ2) is 5.15. The van der Waals surface area contributed by atoms with Crippen LogP contribution in [0.3, 0.4) is 0 Å². The SMILES string of the molecule is CC(=O)/C=C/CC(C)(C)C1=CC=C(C)CO1. The molecule has 0 radical (unpaired) electrons. The minimum absolute atomic E-state index is 0.0524. The van der Waals surface area contributed by atoms with Crippen LogP contribution < -0.4 is 0 Å². The summed E-state index contributed by atoms with van der Waals surface area (Å²) in [4.78, 5) is 10.8. The third-order valence-electron chi connectivity index (χ3n) is 2.62. The predicted molar refractivity (Wildman–Crippen MR) is 66.0 cm³/mol. The summed E-state index contributed by atoms with van der Waals surface area (Å²) in [6.07, 6.45) is 8.46. The number of rotatable bonds is 4. The maximum absolute atomic E-state index is 10.8. The van der Waals surface area contributed by atoms with E-state index in [1.54, 1.807) is 13.0 Å². The van der Waals surface area contributed by atoms with Gasteiger partial charge in [0.25, 0.3) is 0 Å². The predicted octanol–water partition coefficient (Wildman–Crippen LogP) is 3.41. The molecule has 1 aliphatic rings. The number of carbonyl (C=O) groups excluding carboxylic acids is 1. The molecule has 0 aromatic heterocycles. The first kappa shape index (κ1) is 12.8. The Bertz CT molecular complexity index is 357. The van der Waals surface area contributed by atoms with Gasteiger partial charge in [-0.2, -0.15) is 0 Å². The van der Waals surface area contributed by atoms with Gasteiger partial charge in [-0.3, -0.25) is 4.79 Å². The molecular formula is C14H20O2. The lowest BCUT2D eigenvalue weighted by atomic mass is 9.85. The summed E-state index contributed by atoms with van der Waals surface area (Å²) in [6.45, 7) is 8.53. The molecule has 0 atom stereocenters. The van der Waals surface area contributed by atoms with E-state index < -0.39 is 0 Å². The van der Waals surface area contributed by atoms with Gasteiger partial charge in [-0.1, -0.05) is 26.0 Å². The first-order valence-corrected chi connectivity index (χ1v) is 5.59. The van der Waals surface area contributed by atoms with E-state index in [-0.39, 0.29) is 11.2 Å². The van der Waals surface area contributed by atoms with Gasteiger partial charge in [-0.05, 0) is 38.0 Å². The van der Waals surface area contributed by atoms with Crippen molar-refractivity contribution in [3.63, 3.8) is 0 Å². The Morgan fingerprint density at radius 1 is 1.50 bits per heavy atom. The van der Waals surface area contributed by atoms with Gasteiger partial charge in [-0.25, -0.2) is 0 Å². The highest BCUT2D eigenvalue weighted by Crippen LogP contribution is 2.33. The fourth-order valence-electron chi connectivity index (χ4n) is 1.55. The van der Waals surface area contributed by atoms with Crippen LogP contribution in [0.1, 0.15) is 34.1 Å². The third kappa shape index (κ3) is 3.69. The number of hydrogen-bond acceptors (Lipinski definition) is 2. The van der Waals surface area contributed by atoms with Crippen molar-refractivity contribution in [2.75, 3.05) is 6.61 Å². The van der Waals surface area contributed by atoms with E-state index in [1.165, 1.54) is 5.57 Å². The number of ether oxygens (including phenoxy) is 1. The highest BCUT2D eigenvalue weighted by Gasteiger charge is 2.24. The van der Waals surface area contributed by atoms with Gasteiger partial charge in [0.05, 0.1) is 0 Å². The zero-order valence-electron chi connectivity index (χ0n) is 10.5. The van der Waals surface area contributed by atoms with Crippen LogP contribution in [-0.2, 0) is 9.53 Å². The number of ketones is 1. The molecule has 0 spiro atoms. The minimum Gasteiger partial charge on any atom is -0.493 e. The van der Waals surface area contributed by atoms with Crippen molar-refractivity contribution in [2.45, 2.75) is 34.1 Å². The molecule has 0 saturated carbocycles. The molecule has 2 heteroatoms. The van der Waals surface area contributed by atoms with Crippen molar-refractivity contribution in [3.8, 4) is 0 Å². The van der Waals surface area contributed by atoms with Crippen LogP contribution in [-0.4, -0.2) is 12.4 Å². The van der Waals surface area contributed by atoms with Gasteiger partial charge in [0.2, 0.25) is 0 Å². The summed E-state index contributed by atoms with van der Waals surface area (Å²) in [6, 6.07) is 0. The van der Waals surface area contributed by atoms with Crippen LogP contribution in [0.25, 0.3) is 0 Å². The normalized spacial score (nSPS) is 16.8. The second-order valence-electron chi connectivity index (χ2n) is 4.93. The van der Waals surface area contributed by atoms with Crippen LogP contribution in [0.4, 0.5) is 0 Å². The lowest BCUT2D eigenvalue weighted by Gasteiger charge is -2.28. The van der Waals surface area contributed by atoms with Crippen LogP contribution in [0.15, 0.2) is 35.6 Å². The van der Waals surface area contributed by atoms with Gasteiger partial charge < -0.3 is 4.74 Å². The molecule has 16 heavy (non-hydrogen) atoms. The zero-order valence-corrected chi connectivity index (χ0v) is 10.5. The summed E-state index contributed by atoms with van der Waals surface area (Å²) < 4.78 is 5.69. The van der Waals surface area contributed by atoms with E-state index in [1.807, 2.05) is 12.2 Å². The molecule has 0 aliphatic carbocycles. The highest BCUT2D eigenvalue weighted by atomic mass is 16.5. The molecular weight excluding hydrogens is 200 g/mol. The zero-order chi connectivity index (χ0) is 12.2. The van der Waals surface area contributed by atoms with E-state index in [0.717, 1.165) is 12.2 Å². The van der Waals surface area contributed by atoms with Crippen molar-refractivity contribution in [1.82, 2.24) is 0 Å². The largest absolute Gasteiger partial charge is 0.493 e. The van der Waals surface area contributed by atoms with Crippen molar-refractivity contribution in [1.29, 1.82) is 0 Å². The first-order chi connectivity index (χ1) is 7.42. The van der Waals surface area contributed by atoms with Crippen molar-refractivity contribution in [3.05, 3.63) is 35.6 Å². The number of hydrogen-bond donors (Lipinski definition) is 0. The number of allylic oxidation sites excluding steroid dienone is 5. The topological polar surface area (TPSA) is 26.3 Å². The average Bonchev–Trinajstić information content (AvgIpc) is 2.17. The molecule has 0 saturated heterocycles. The van der Waals surface area contributed by atoms with E-state index in [0.29, 0.717) is 6.61 Å². The van der Waals surface area contributed by atoms with Gasteiger partial charge in [-0.15, -0.1) is 0 Å². The Hall–Kier alpha value is -1.31. The average molecular weight is 220 g/mol. The van der Waals surface area contributed by atoms with E-state index >= 15 is 0 Å². The Morgan fingerprint density at radius 3 is 2.69 bits per heavy atom.